The zero-order valence-electron chi connectivity index (χ0n) is 21.8. The SMILES string of the molecule is COCC=CC(=O)N(C)C(C)c1nc(-c2ccc(C(=O)Nc3cc(C(F)(F)F)ccn3)cc2)c2c(N)nccn12. The van der Waals surface area contributed by atoms with E-state index in [2.05, 4.69) is 15.3 Å². The van der Waals surface area contributed by atoms with E-state index in [9.17, 15) is 22.8 Å². The summed E-state index contributed by atoms with van der Waals surface area (Å²) in [6.07, 6.45) is 2.67. The second-order valence-electron chi connectivity index (χ2n) is 8.79. The molecule has 4 aromatic rings. The van der Waals surface area contributed by atoms with E-state index in [0.29, 0.717) is 29.2 Å². The Balaban J connectivity index is 1.62. The van der Waals surface area contributed by atoms with E-state index in [-0.39, 0.29) is 23.1 Å². The molecule has 3 aromatic heterocycles. The van der Waals surface area contributed by atoms with Crippen LogP contribution in [0.15, 0.2) is 67.1 Å². The molecule has 3 N–H and O–H groups in total. The molecule has 0 aliphatic rings. The molecule has 4 rings (SSSR count). The molecule has 0 fully saturated rings. The number of amides is 2. The van der Waals surface area contributed by atoms with Crippen molar-refractivity contribution in [3.63, 3.8) is 0 Å². The molecule has 1 unspecified atom stereocenters. The Labute approximate surface area is 227 Å². The maximum Gasteiger partial charge on any atom is 0.416 e. The number of anilines is 2. The van der Waals surface area contributed by atoms with Crippen molar-refractivity contribution in [3.05, 3.63) is 84.1 Å². The first kappa shape index (κ1) is 28.2. The number of nitrogen functional groups attached to an aromatic ring is 1. The highest BCUT2D eigenvalue weighted by molar-refractivity contribution is 6.04. The fourth-order valence-corrected chi connectivity index (χ4v) is 3.95. The van der Waals surface area contributed by atoms with Crippen molar-refractivity contribution in [2.75, 3.05) is 31.8 Å². The average Bonchev–Trinajstić information content (AvgIpc) is 3.33. The Hall–Kier alpha value is -4.78. The molecule has 1 aromatic carbocycles. The van der Waals surface area contributed by atoms with Gasteiger partial charge < -0.3 is 20.7 Å². The molecule has 0 aliphatic heterocycles. The standard InChI is InChI=1S/C27H26F3N7O3/c1-16(36(2)21(38)5-4-14-40-3)25-35-22(23-24(31)33-12-13-37(23)25)17-6-8-18(9-7-17)26(39)34-20-15-19(10-11-32-20)27(28,29)30/h4-13,15-16H,14H2,1-3H3,(H2,31,33)(H,32,34,39). The third-order valence-electron chi connectivity index (χ3n) is 6.19. The molecule has 0 saturated heterocycles. The largest absolute Gasteiger partial charge is 0.416 e. The number of alkyl halides is 3. The number of nitrogens with zero attached hydrogens (tertiary/aromatic N) is 5. The predicted octanol–water partition coefficient (Wildman–Crippen LogP) is 4.37. The second kappa shape index (κ2) is 11.5. The molecular formula is C27H26F3N7O3. The number of aromatic nitrogens is 4. The lowest BCUT2D eigenvalue weighted by molar-refractivity contribution is -0.137. The lowest BCUT2D eigenvalue weighted by Crippen LogP contribution is -2.29. The van der Waals surface area contributed by atoms with Crippen LogP contribution in [0.4, 0.5) is 24.8 Å². The van der Waals surface area contributed by atoms with Crippen LogP contribution in [0.1, 0.15) is 34.7 Å². The summed E-state index contributed by atoms with van der Waals surface area (Å²) in [7, 11) is 3.19. The number of halogens is 3. The van der Waals surface area contributed by atoms with E-state index < -0.39 is 23.7 Å². The monoisotopic (exact) mass is 553 g/mol. The van der Waals surface area contributed by atoms with Crippen LogP contribution in [0.5, 0.6) is 0 Å². The molecular weight excluding hydrogens is 527 g/mol. The van der Waals surface area contributed by atoms with Gasteiger partial charge in [0.15, 0.2) is 0 Å². The fourth-order valence-electron chi connectivity index (χ4n) is 3.95. The van der Waals surface area contributed by atoms with Gasteiger partial charge in [-0.3, -0.25) is 14.0 Å². The number of methoxy groups -OCH3 is 1. The molecule has 0 radical (unpaired) electrons. The Morgan fingerprint density at radius 2 is 1.90 bits per heavy atom. The molecule has 0 bridgehead atoms. The Kier molecular flexibility index (Phi) is 8.14. The van der Waals surface area contributed by atoms with Gasteiger partial charge in [-0.1, -0.05) is 18.2 Å². The van der Waals surface area contributed by atoms with Gasteiger partial charge in [0.05, 0.1) is 18.2 Å². The molecule has 40 heavy (non-hydrogen) atoms. The average molecular weight is 554 g/mol. The number of nitrogens with two attached hydrogens (primary N) is 1. The lowest BCUT2D eigenvalue weighted by atomic mass is 10.1. The lowest BCUT2D eigenvalue weighted by Gasteiger charge is -2.22. The number of benzene rings is 1. The molecule has 2 amide bonds. The van der Waals surface area contributed by atoms with Gasteiger partial charge in [-0.25, -0.2) is 15.0 Å². The number of carbonyl (C=O) groups is 2. The molecule has 3 heterocycles. The van der Waals surface area contributed by atoms with Gasteiger partial charge in [0.2, 0.25) is 5.91 Å². The zero-order valence-corrected chi connectivity index (χ0v) is 21.8. The van der Waals surface area contributed by atoms with Crippen molar-refractivity contribution in [1.29, 1.82) is 0 Å². The van der Waals surface area contributed by atoms with Gasteiger partial charge in [0.1, 0.15) is 28.7 Å². The second-order valence-corrected chi connectivity index (χ2v) is 8.79. The minimum Gasteiger partial charge on any atom is -0.382 e. The van der Waals surface area contributed by atoms with Crippen LogP contribution in [0.25, 0.3) is 16.8 Å². The van der Waals surface area contributed by atoms with E-state index in [1.54, 1.807) is 35.9 Å². The minimum absolute atomic E-state index is 0.194. The van der Waals surface area contributed by atoms with Crippen LogP contribution < -0.4 is 11.1 Å². The van der Waals surface area contributed by atoms with E-state index in [4.69, 9.17) is 15.5 Å². The molecule has 0 aliphatic carbocycles. The van der Waals surface area contributed by atoms with E-state index >= 15 is 0 Å². The number of pyridine rings is 1. The first-order chi connectivity index (χ1) is 19.0. The van der Waals surface area contributed by atoms with Crippen molar-refractivity contribution in [2.45, 2.75) is 19.1 Å². The minimum atomic E-state index is -4.56. The summed E-state index contributed by atoms with van der Waals surface area (Å²) in [5, 5.41) is 2.38. The fraction of sp³-hybridized carbons (Fsp3) is 0.222. The van der Waals surface area contributed by atoms with E-state index in [0.717, 1.165) is 18.3 Å². The van der Waals surface area contributed by atoms with Crippen molar-refractivity contribution in [2.24, 2.45) is 0 Å². The number of fused-ring (bicyclic) bond motifs is 1. The predicted molar refractivity (Wildman–Crippen MR) is 142 cm³/mol. The van der Waals surface area contributed by atoms with Crippen molar-refractivity contribution >= 4 is 29.0 Å². The first-order valence-corrected chi connectivity index (χ1v) is 12.0. The number of nitrogens with one attached hydrogen (secondary N) is 1. The number of hydrogen-bond acceptors (Lipinski definition) is 7. The van der Waals surface area contributed by atoms with Gasteiger partial charge in [-0.05, 0) is 31.2 Å². The third-order valence-corrected chi connectivity index (χ3v) is 6.19. The van der Waals surface area contributed by atoms with Crippen molar-refractivity contribution in [3.8, 4) is 11.3 Å². The van der Waals surface area contributed by atoms with Crippen molar-refractivity contribution in [1.82, 2.24) is 24.3 Å². The number of imidazole rings is 1. The van der Waals surface area contributed by atoms with Gasteiger partial charge in [-0.2, -0.15) is 13.2 Å². The van der Waals surface area contributed by atoms with Gasteiger partial charge in [0, 0.05) is 50.0 Å². The summed E-state index contributed by atoms with van der Waals surface area (Å²) >= 11 is 0. The normalized spacial score (nSPS) is 12.6. The summed E-state index contributed by atoms with van der Waals surface area (Å²) in [6.45, 7) is 2.13. The number of hydrogen-bond donors (Lipinski definition) is 2. The van der Waals surface area contributed by atoms with Gasteiger partial charge >= 0.3 is 6.18 Å². The van der Waals surface area contributed by atoms with Crippen LogP contribution >= 0.6 is 0 Å². The Morgan fingerprint density at radius 3 is 2.58 bits per heavy atom. The van der Waals surface area contributed by atoms with Crippen LogP contribution in [0.2, 0.25) is 0 Å². The van der Waals surface area contributed by atoms with Crippen molar-refractivity contribution < 1.29 is 27.5 Å². The maximum atomic E-state index is 13.0. The quantitative estimate of drug-likeness (QED) is 0.310. The summed E-state index contributed by atoms with van der Waals surface area (Å²) in [5.41, 5.74) is 7.08. The van der Waals surface area contributed by atoms with Crippen LogP contribution in [-0.2, 0) is 15.7 Å². The highest BCUT2D eigenvalue weighted by atomic mass is 19.4. The highest BCUT2D eigenvalue weighted by Gasteiger charge is 2.31. The highest BCUT2D eigenvalue weighted by Crippen LogP contribution is 2.32. The number of rotatable bonds is 8. The number of carbonyl (C=O) groups excluding carboxylic acids is 2. The third kappa shape index (κ3) is 5.94. The summed E-state index contributed by atoms with van der Waals surface area (Å²) in [5.74, 6) is -0.347. The van der Waals surface area contributed by atoms with Crippen LogP contribution in [-0.4, -0.2) is 56.8 Å². The number of likely N-dealkylation sites (N-methyl/N-ethyl adjacent to an activating group) is 1. The van der Waals surface area contributed by atoms with Crippen LogP contribution in [0, 0.1) is 0 Å². The number of ether oxygens (including phenoxy) is 1. The molecule has 0 saturated carbocycles. The molecule has 0 spiro atoms. The smallest absolute Gasteiger partial charge is 0.382 e. The molecule has 13 heteroatoms. The summed E-state index contributed by atoms with van der Waals surface area (Å²) in [6, 6.07) is 7.43. The summed E-state index contributed by atoms with van der Waals surface area (Å²) < 4.78 is 45.7. The Morgan fingerprint density at radius 1 is 1.18 bits per heavy atom. The topological polar surface area (TPSA) is 128 Å². The van der Waals surface area contributed by atoms with Crippen LogP contribution in [0.3, 0.4) is 0 Å². The summed E-state index contributed by atoms with van der Waals surface area (Å²) in [4.78, 5) is 39.6. The Bertz CT molecular complexity index is 1570. The maximum absolute atomic E-state index is 13.0. The first-order valence-electron chi connectivity index (χ1n) is 12.0. The molecule has 10 nitrogen and oxygen atoms in total. The molecule has 208 valence electrons. The van der Waals surface area contributed by atoms with E-state index in [1.807, 2.05) is 6.92 Å². The van der Waals surface area contributed by atoms with Gasteiger partial charge in [0.25, 0.3) is 5.91 Å². The molecule has 1 atom stereocenters. The van der Waals surface area contributed by atoms with Gasteiger partial charge in [-0.15, -0.1) is 0 Å². The van der Waals surface area contributed by atoms with E-state index in [1.165, 1.54) is 36.4 Å². The zero-order chi connectivity index (χ0) is 29.0.